The van der Waals surface area contributed by atoms with E-state index in [0.717, 1.165) is 33.1 Å². The van der Waals surface area contributed by atoms with Crippen molar-refractivity contribution in [2.45, 2.75) is 67.2 Å². The summed E-state index contributed by atoms with van der Waals surface area (Å²) in [7, 11) is 0. The van der Waals surface area contributed by atoms with Crippen molar-refractivity contribution in [1.29, 1.82) is 10.5 Å². The molecule has 0 aliphatic carbocycles. The highest BCUT2D eigenvalue weighted by Crippen LogP contribution is 2.43. The van der Waals surface area contributed by atoms with Crippen LogP contribution < -0.4 is 0 Å². The zero-order valence-corrected chi connectivity index (χ0v) is 23.3. The zero-order valence-electron chi connectivity index (χ0n) is 21.6. The molecule has 5 heteroatoms. The second-order valence-corrected chi connectivity index (χ2v) is 9.33. The van der Waals surface area contributed by atoms with Gasteiger partial charge >= 0.3 is 0 Å². The normalized spacial score (nSPS) is 14.4. The van der Waals surface area contributed by atoms with Crippen LogP contribution in [0.1, 0.15) is 78.4 Å². The van der Waals surface area contributed by atoms with E-state index in [-0.39, 0.29) is 0 Å². The van der Waals surface area contributed by atoms with Gasteiger partial charge < -0.3 is 0 Å². The molecule has 0 saturated carbocycles. The lowest BCUT2D eigenvalue weighted by Gasteiger charge is -2.05. The molecule has 0 fully saturated rings. The van der Waals surface area contributed by atoms with Crippen LogP contribution in [0, 0.1) is 22.7 Å². The van der Waals surface area contributed by atoms with Crippen molar-refractivity contribution in [2.75, 3.05) is 11.5 Å². The predicted molar refractivity (Wildman–Crippen MR) is 155 cm³/mol. The fourth-order valence-electron chi connectivity index (χ4n) is 3.07. The lowest BCUT2D eigenvalue weighted by atomic mass is 10.0. The molecule has 1 heterocycles. The number of hydrogen-bond acceptors (Lipinski definition) is 5. The summed E-state index contributed by atoms with van der Waals surface area (Å²) in [6, 6.07) is 12.0. The highest BCUT2D eigenvalue weighted by atomic mass is 32.2. The molecule has 0 amide bonds. The first-order valence-electron chi connectivity index (χ1n) is 11.8. The van der Waals surface area contributed by atoms with Gasteiger partial charge in [0.15, 0.2) is 0 Å². The van der Waals surface area contributed by atoms with Gasteiger partial charge in [-0.25, -0.2) is 0 Å². The minimum atomic E-state index is 0.626. The number of unbranched alkanes of at least 4 members (excludes halogenated alkanes) is 2. The summed E-state index contributed by atoms with van der Waals surface area (Å²) < 4.78 is 0. The minimum absolute atomic E-state index is 0.626. The second kappa shape index (κ2) is 20.0. The van der Waals surface area contributed by atoms with Gasteiger partial charge in [0.25, 0.3) is 0 Å². The third kappa shape index (κ3) is 11.6. The monoisotopic (exact) mass is 493 g/mol. The Morgan fingerprint density at radius 1 is 1.21 bits per heavy atom. The molecule has 34 heavy (non-hydrogen) atoms. The highest BCUT2D eigenvalue weighted by Gasteiger charge is 2.23. The number of allylic oxidation sites excluding steroid dienone is 3. The van der Waals surface area contributed by atoms with Crippen LogP contribution >= 0.6 is 23.5 Å². The van der Waals surface area contributed by atoms with Crippen molar-refractivity contribution in [3.63, 3.8) is 0 Å². The van der Waals surface area contributed by atoms with E-state index in [4.69, 9.17) is 5.26 Å². The van der Waals surface area contributed by atoms with Crippen molar-refractivity contribution in [1.82, 2.24) is 0 Å². The van der Waals surface area contributed by atoms with E-state index in [2.05, 4.69) is 50.0 Å². The van der Waals surface area contributed by atoms with Crippen LogP contribution in [0.15, 0.2) is 69.2 Å². The molecule has 0 bridgehead atoms. The third-order valence-electron chi connectivity index (χ3n) is 4.79. The Labute approximate surface area is 216 Å². The number of hydrogen-bond donors (Lipinski definition) is 0. The number of thioether (sulfide) groups is 2. The van der Waals surface area contributed by atoms with Crippen molar-refractivity contribution in [3.05, 3.63) is 75.4 Å². The van der Waals surface area contributed by atoms with Crippen LogP contribution in [0.5, 0.6) is 0 Å². The summed E-state index contributed by atoms with van der Waals surface area (Å²) in [6.45, 7) is 15.8. The summed E-state index contributed by atoms with van der Waals surface area (Å²) in [5.74, 6) is 1.73. The Morgan fingerprint density at radius 2 is 1.94 bits per heavy atom. The molecule has 1 aliphatic heterocycles. The molecule has 1 aromatic carbocycles. The fraction of sp³-hybridized carbons (Fsp3) is 0.414. The molecule has 1 aromatic rings. The molecule has 0 saturated heterocycles. The van der Waals surface area contributed by atoms with Gasteiger partial charge in [0, 0.05) is 22.6 Å². The Bertz CT molecular complexity index is 970. The fourth-order valence-corrected chi connectivity index (χ4v) is 5.07. The van der Waals surface area contributed by atoms with Crippen LogP contribution in [0.2, 0.25) is 0 Å². The topological polar surface area (TPSA) is 59.9 Å². The first-order chi connectivity index (χ1) is 16.5. The molecule has 0 spiro atoms. The smallest absolute Gasteiger partial charge is 0.101 e. The second-order valence-electron chi connectivity index (χ2n) is 7.45. The molecular weight excluding hydrogens is 454 g/mol. The molecule has 182 valence electrons. The summed E-state index contributed by atoms with van der Waals surface area (Å²) in [6.07, 6.45) is 8.93. The van der Waals surface area contributed by atoms with Gasteiger partial charge in [0.1, 0.15) is 6.07 Å². The average molecular weight is 494 g/mol. The Hall–Kier alpha value is -2.47. The standard InChI is InChI=1S/C18H16N2S2.C9H17N.C2H6/c1-3-7-21-11-13(2)17-12-22-18(16(17)10-20)15-6-4-5-14(8-15)9-19;1-4-5-6-7-9(2)8-10-3;1-2/h3-8H,11-12H2,1-2H3;8H,3-7H2,1-2H3;1-2H3/b7-3-,17-13-;9-8+;. The van der Waals surface area contributed by atoms with E-state index >= 15 is 0 Å². The van der Waals surface area contributed by atoms with Gasteiger partial charge in [-0.3, -0.25) is 4.99 Å². The summed E-state index contributed by atoms with van der Waals surface area (Å²) >= 11 is 3.43. The molecule has 1 aliphatic rings. The maximum absolute atomic E-state index is 9.57. The Morgan fingerprint density at radius 3 is 2.53 bits per heavy atom. The first kappa shape index (κ1) is 31.5. The van der Waals surface area contributed by atoms with E-state index in [1.165, 1.54) is 36.8 Å². The van der Waals surface area contributed by atoms with E-state index < -0.39 is 0 Å². The molecule has 0 radical (unpaired) electrons. The molecule has 0 aromatic heterocycles. The Balaban J connectivity index is 0.000000767. The van der Waals surface area contributed by atoms with Crippen molar-refractivity contribution >= 4 is 35.1 Å². The molecule has 0 N–H and O–H groups in total. The molecule has 0 atom stereocenters. The summed E-state index contributed by atoms with van der Waals surface area (Å²) in [5.41, 5.74) is 6.08. The SMILES string of the molecule is C/C=C\SC/C(C)=C1/CSC(c2cccc(C#N)c2)=C1C#N.C=N/C=C(\C)CCCCC.CC. The number of nitrogens with zero attached hydrogens (tertiary/aromatic N) is 3. The average Bonchev–Trinajstić information content (AvgIpc) is 3.30. The number of nitriles is 2. The van der Waals surface area contributed by atoms with Gasteiger partial charge in [0.05, 0.1) is 17.2 Å². The summed E-state index contributed by atoms with van der Waals surface area (Å²) in [5, 5.41) is 20.7. The van der Waals surface area contributed by atoms with Crippen LogP contribution in [0.4, 0.5) is 0 Å². The van der Waals surface area contributed by atoms with Crippen LogP contribution in [0.25, 0.3) is 4.91 Å². The van der Waals surface area contributed by atoms with Crippen molar-refractivity contribution < 1.29 is 0 Å². The van der Waals surface area contributed by atoms with Gasteiger partial charge in [-0.05, 0) is 69.0 Å². The summed E-state index contributed by atoms with van der Waals surface area (Å²) in [4.78, 5) is 4.69. The zero-order chi connectivity index (χ0) is 25.8. The largest absolute Gasteiger partial charge is 0.273 e. The van der Waals surface area contributed by atoms with Gasteiger partial charge in [-0.1, -0.05) is 63.0 Å². The number of rotatable bonds is 9. The lowest BCUT2D eigenvalue weighted by molar-refractivity contribution is 0.712. The van der Waals surface area contributed by atoms with Crippen LogP contribution in [-0.2, 0) is 0 Å². The van der Waals surface area contributed by atoms with Gasteiger partial charge in [-0.15, -0.1) is 23.5 Å². The first-order valence-corrected chi connectivity index (χ1v) is 13.9. The number of benzene rings is 1. The lowest BCUT2D eigenvalue weighted by Crippen LogP contribution is -1.93. The minimum Gasteiger partial charge on any atom is -0.273 e. The van der Waals surface area contributed by atoms with Crippen molar-refractivity contribution in [2.24, 2.45) is 4.99 Å². The maximum atomic E-state index is 9.57. The van der Waals surface area contributed by atoms with Crippen LogP contribution in [-0.4, -0.2) is 18.2 Å². The van der Waals surface area contributed by atoms with Gasteiger partial charge in [-0.2, -0.15) is 10.5 Å². The van der Waals surface area contributed by atoms with Crippen molar-refractivity contribution in [3.8, 4) is 12.1 Å². The quantitative estimate of drug-likeness (QED) is 0.254. The van der Waals surface area contributed by atoms with E-state index in [0.29, 0.717) is 5.56 Å². The van der Waals surface area contributed by atoms with E-state index in [1.807, 2.05) is 51.2 Å². The maximum Gasteiger partial charge on any atom is 0.101 e. The van der Waals surface area contributed by atoms with E-state index in [9.17, 15) is 5.26 Å². The van der Waals surface area contributed by atoms with Gasteiger partial charge in [0.2, 0.25) is 0 Å². The molecule has 2 rings (SSSR count). The highest BCUT2D eigenvalue weighted by molar-refractivity contribution is 8.08. The molecule has 3 nitrogen and oxygen atoms in total. The Kier molecular flexibility index (Phi) is 18.5. The van der Waals surface area contributed by atoms with Crippen LogP contribution in [0.3, 0.4) is 0 Å². The molecular formula is C29H39N3S2. The predicted octanol–water partition coefficient (Wildman–Crippen LogP) is 9.32. The number of aliphatic imine (C=N–C) groups is 1. The molecule has 0 unspecified atom stereocenters. The van der Waals surface area contributed by atoms with E-state index in [1.54, 1.807) is 29.6 Å². The third-order valence-corrected chi connectivity index (χ3v) is 7.01.